The maximum absolute atomic E-state index is 5.01. The van der Waals surface area contributed by atoms with Crippen molar-refractivity contribution in [2.24, 2.45) is 0 Å². The largest absolute Gasteiger partial charge is 0.457 e. The molecule has 120 valence electrons. The van der Waals surface area contributed by atoms with Crippen LogP contribution in [0.3, 0.4) is 0 Å². The van der Waals surface area contributed by atoms with Gasteiger partial charge in [0.2, 0.25) is 0 Å². The van der Waals surface area contributed by atoms with E-state index >= 15 is 0 Å². The first kappa shape index (κ1) is 15.0. The first-order valence-electron chi connectivity index (χ1n) is 8.52. The lowest BCUT2D eigenvalue weighted by Crippen LogP contribution is -2.40. The number of nitrogens with zero attached hydrogens (tertiary/aromatic N) is 1. The average molecular weight is 315 g/mol. The van der Waals surface area contributed by atoms with E-state index in [4.69, 9.17) is 4.74 Å². The summed E-state index contributed by atoms with van der Waals surface area (Å²) in [5.74, 6) is 1.97. The number of fused-ring (bicyclic) bond motifs is 2. The third-order valence-electron chi connectivity index (χ3n) is 4.53. The molecule has 0 radical (unpaired) electrons. The van der Waals surface area contributed by atoms with E-state index in [0.29, 0.717) is 6.04 Å². The Morgan fingerprint density at radius 1 is 0.667 bits per heavy atom. The van der Waals surface area contributed by atoms with Crippen LogP contribution in [0.5, 0.6) is 11.5 Å². The van der Waals surface area contributed by atoms with Crippen molar-refractivity contribution in [1.82, 2.24) is 4.90 Å². The smallest absolute Gasteiger partial charge is 0.131 e. The van der Waals surface area contributed by atoms with E-state index < -0.39 is 0 Å². The monoisotopic (exact) mass is 315 g/mol. The van der Waals surface area contributed by atoms with Gasteiger partial charge in [-0.1, -0.05) is 66.7 Å². The fourth-order valence-electron chi connectivity index (χ4n) is 3.16. The van der Waals surface area contributed by atoms with E-state index in [-0.39, 0.29) is 0 Å². The molecule has 2 heteroatoms. The first-order valence-corrected chi connectivity index (χ1v) is 8.52. The van der Waals surface area contributed by atoms with Gasteiger partial charge in [0.05, 0.1) is 6.04 Å². The predicted molar refractivity (Wildman–Crippen MR) is 97.4 cm³/mol. The van der Waals surface area contributed by atoms with Crippen LogP contribution in [0.15, 0.2) is 84.9 Å². The molecule has 3 aromatic rings. The molecule has 0 aliphatic carbocycles. The summed E-state index contributed by atoms with van der Waals surface area (Å²) in [4.78, 5) is 2.55. The van der Waals surface area contributed by atoms with Crippen LogP contribution in [0, 0.1) is 0 Å². The SMILES string of the molecule is c1cc2cc(c1)O2.c1ccc(C(c2ccccc2)N2CCC2)cc1. The van der Waals surface area contributed by atoms with E-state index in [0.717, 1.165) is 11.5 Å². The van der Waals surface area contributed by atoms with Crippen molar-refractivity contribution in [2.45, 2.75) is 12.5 Å². The number of benzene rings is 3. The first-order chi connectivity index (χ1) is 11.9. The van der Waals surface area contributed by atoms with Gasteiger partial charge in [0, 0.05) is 19.2 Å². The van der Waals surface area contributed by atoms with Crippen LogP contribution in [0.4, 0.5) is 0 Å². The lowest BCUT2D eigenvalue weighted by molar-refractivity contribution is 0.140. The molecule has 2 nitrogen and oxygen atoms in total. The summed E-state index contributed by atoms with van der Waals surface area (Å²) in [6.07, 6.45) is 1.33. The summed E-state index contributed by atoms with van der Waals surface area (Å²) in [6.45, 7) is 2.43. The fourth-order valence-corrected chi connectivity index (χ4v) is 3.16. The second-order valence-electron chi connectivity index (χ2n) is 6.19. The summed E-state index contributed by atoms with van der Waals surface area (Å²) in [5.41, 5.74) is 2.80. The summed E-state index contributed by atoms with van der Waals surface area (Å²) in [7, 11) is 0. The topological polar surface area (TPSA) is 12.5 Å². The minimum absolute atomic E-state index is 0.436. The molecule has 3 aromatic carbocycles. The van der Waals surface area contributed by atoms with Gasteiger partial charge in [-0.2, -0.15) is 0 Å². The van der Waals surface area contributed by atoms with Gasteiger partial charge in [-0.15, -0.1) is 0 Å². The van der Waals surface area contributed by atoms with Crippen molar-refractivity contribution in [3.05, 3.63) is 96.1 Å². The molecular weight excluding hydrogens is 294 g/mol. The van der Waals surface area contributed by atoms with Crippen LogP contribution >= 0.6 is 0 Å². The number of rotatable bonds is 3. The van der Waals surface area contributed by atoms with Crippen LogP contribution in [0.2, 0.25) is 0 Å². The van der Waals surface area contributed by atoms with Gasteiger partial charge in [0.1, 0.15) is 11.5 Å². The van der Waals surface area contributed by atoms with Crippen LogP contribution < -0.4 is 4.74 Å². The standard InChI is InChI=1S/C16H17N.C6H4O/c1-3-8-14(9-4-1)16(17-12-7-13-17)15-10-5-2-6-11-15;1-2-5-4-6(3-1)7-5/h1-6,8-11,16H,7,12-13H2;1-4H. The molecule has 0 amide bonds. The number of hydrogen-bond acceptors (Lipinski definition) is 2. The minimum atomic E-state index is 0.436. The van der Waals surface area contributed by atoms with Crippen LogP contribution in [0.1, 0.15) is 23.6 Å². The van der Waals surface area contributed by atoms with Crippen molar-refractivity contribution < 1.29 is 4.74 Å². The molecule has 0 atom stereocenters. The Hall–Kier alpha value is -2.58. The lowest BCUT2D eigenvalue weighted by Gasteiger charge is -2.39. The molecular formula is C22H21NO. The molecule has 0 saturated carbocycles. The van der Waals surface area contributed by atoms with E-state index in [1.165, 1.54) is 30.6 Å². The zero-order valence-electron chi connectivity index (χ0n) is 13.6. The van der Waals surface area contributed by atoms with Gasteiger partial charge >= 0.3 is 0 Å². The minimum Gasteiger partial charge on any atom is -0.457 e. The molecule has 3 aliphatic heterocycles. The van der Waals surface area contributed by atoms with Crippen molar-refractivity contribution in [3.63, 3.8) is 0 Å². The molecule has 0 spiro atoms. The van der Waals surface area contributed by atoms with Gasteiger partial charge < -0.3 is 4.74 Å². The Kier molecular flexibility index (Phi) is 4.30. The Morgan fingerprint density at radius 3 is 1.46 bits per heavy atom. The fraction of sp³-hybridized carbons (Fsp3) is 0.182. The van der Waals surface area contributed by atoms with E-state index in [2.05, 4.69) is 65.6 Å². The highest BCUT2D eigenvalue weighted by Crippen LogP contribution is 2.33. The maximum atomic E-state index is 5.01. The molecule has 1 fully saturated rings. The number of ether oxygens (including phenoxy) is 1. The van der Waals surface area contributed by atoms with Gasteiger partial charge in [-0.3, -0.25) is 4.90 Å². The van der Waals surface area contributed by atoms with E-state index in [9.17, 15) is 0 Å². The molecule has 24 heavy (non-hydrogen) atoms. The highest BCUT2D eigenvalue weighted by molar-refractivity contribution is 5.43. The summed E-state index contributed by atoms with van der Waals surface area (Å²) < 4.78 is 5.01. The van der Waals surface area contributed by atoms with Gasteiger partial charge in [0.15, 0.2) is 0 Å². The highest BCUT2D eigenvalue weighted by atomic mass is 16.5. The molecule has 1 saturated heterocycles. The summed E-state index contributed by atoms with van der Waals surface area (Å²) in [5, 5.41) is 0. The molecule has 0 unspecified atom stereocenters. The summed E-state index contributed by atoms with van der Waals surface area (Å²) in [6, 6.07) is 29.9. The lowest BCUT2D eigenvalue weighted by atomic mass is 9.95. The van der Waals surface area contributed by atoms with E-state index in [1.807, 2.05) is 24.3 Å². The molecule has 3 heterocycles. The quantitative estimate of drug-likeness (QED) is 0.510. The zero-order valence-corrected chi connectivity index (χ0v) is 13.6. The second-order valence-corrected chi connectivity index (χ2v) is 6.19. The van der Waals surface area contributed by atoms with Crippen LogP contribution in [-0.2, 0) is 0 Å². The van der Waals surface area contributed by atoms with Crippen molar-refractivity contribution in [1.29, 1.82) is 0 Å². The maximum Gasteiger partial charge on any atom is 0.131 e. The van der Waals surface area contributed by atoms with Crippen molar-refractivity contribution in [2.75, 3.05) is 13.1 Å². The second kappa shape index (κ2) is 6.90. The number of likely N-dealkylation sites (tertiary alicyclic amines) is 1. The number of hydrogen-bond donors (Lipinski definition) is 0. The van der Waals surface area contributed by atoms with Crippen molar-refractivity contribution in [3.8, 4) is 11.5 Å². The Morgan fingerprint density at radius 2 is 1.17 bits per heavy atom. The zero-order chi connectivity index (χ0) is 16.2. The highest BCUT2D eigenvalue weighted by Gasteiger charge is 2.26. The summed E-state index contributed by atoms with van der Waals surface area (Å²) >= 11 is 0. The third kappa shape index (κ3) is 3.19. The normalized spacial score (nSPS) is 14.7. The van der Waals surface area contributed by atoms with Gasteiger partial charge in [-0.05, 0) is 29.7 Å². The average Bonchev–Trinajstić information content (AvgIpc) is 2.60. The Labute approximate surface area is 143 Å². The Bertz CT molecular complexity index is 717. The van der Waals surface area contributed by atoms with Crippen LogP contribution in [0.25, 0.3) is 0 Å². The van der Waals surface area contributed by atoms with Gasteiger partial charge in [0.25, 0.3) is 0 Å². The third-order valence-corrected chi connectivity index (χ3v) is 4.53. The van der Waals surface area contributed by atoms with Crippen molar-refractivity contribution >= 4 is 0 Å². The van der Waals surface area contributed by atoms with Gasteiger partial charge in [-0.25, -0.2) is 0 Å². The molecule has 2 bridgehead atoms. The molecule has 3 aliphatic rings. The molecule has 6 rings (SSSR count). The molecule has 0 aromatic heterocycles. The van der Waals surface area contributed by atoms with Crippen LogP contribution in [-0.4, -0.2) is 18.0 Å². The Balaban J connectivity index is 0.000000172. The molecule has 0 N–H and O–H groups in total. The predicted octanol–water partition coefficient (Wildman–Crippen LogP) is 5.27. The van der Waals surface area contributed by atoms with E-state index in [1.54, 1.807) is 0 Å².